The number of aromatic hydroxyl groups is 1. The first-order valence-electron chi connectivity index (χ1n) is 5.50. The van der Waals surface area contributed by atoms with Gasteiger partial charge in [0.2, 0.25) is 0 Å². The number of methoxy groups -OCH3 is 1. The van der Waals surface area contributed by atoms with E-state index in [1.165, 1.54) is 19.2 Å². The van der Waals surface area contributed by atoms with Gasteiger partial charge in [-0.15, -0.1) is 0 Å². The Labute approximate surface area is 109 Å². The van der Waals surface area contributed by atoms with E-state index in [-0.39, 0.29) is 30.2 Å². The summed E-state index contributed by atoms with van der Waals surface area (Å²) in [5, 5.41) is 20.6. The van der Waals surface area contributed by atoms with Gasteiger partial charge in [0.05, 0.1) is 19.3 Å². The van der Waals surface area contributed by atoms with Gasteiger partial charge in [-0.25, -0.2) is 4.79 Å². The standard InChI is InChI=1S/C12H15NO6/c1-18-9-4-2-3-8(11(9)16)12(17)13-5-6-19-7-10(14)15/h2-4,16H,5-7H2,1H3,(H,13,17)(H,14,15). The van der Waals surface area contributed by atoms with Crippen molar-refractivity contribution in [1.29, 1.82) is 0 Å². The van der Waals surface area contributed by atoms with Crippen molar-refractivity contribution in [2.75, 3.05) is 26.9 Å². The third kappa shape index (κ3) is 4.47. The molecule has 1 aromatic rings. The molecule has 1 rings (SSSR count). The summed E-state index contributed by atoms with van der Waals surface area (Å²) >= 11 is 0. The second-order valence-corrected chi connectivity index (χ2v) is 3.56. The number of rotatable bonds is 7. The fourth-order valence-electron chi connectivity index (χ4n) is 1.36. The Balaban J connectivity index is 2.48. The van der Waals surface area contributed by atoms with Crippen LogP contribution in [-0.2, 0) is 9.53 Å². The van der Waals surface area contributed by atoms with E-state index in [9.17, 15) is 14.7 Å². The lowest BCUT2D eigenvalue weighted by Crippen LogP contribution is -2.28. The van der Waals surface area contributed by atoms with Crippen LogP contribution in [0.15, 0.2) is 18.2 Å². The molecule has 0 aliphatic rings. The lowest BCUT2D eigenvalue weighted by molar-refractivity contribution is -0.142. The maximum absolute atomic E-state index is 11.7. The molecule has 19 heavy (non-hydrogen) atoms. The molecular weight excluding hydrogens is 254 g/mol. The first kappa shape index (κ1) is 14.8. The number of phenolic OH excluding ortho intramolecular Hbond substituents is 1. The highest BCUT2D eigenvalue weighted by Gasteiger charge is 2.14. The highest BCUT2D eigenvalue weighted by Crippen LogP contribution is 2.28. The van der Waals surface area contributed by atoms with Crippen molar-refractivity contribution in [1.82, 2.24) is 5.32 Å². The second kappa shape index (κ2) is 7.22. The SMILES string of the molecule is COc1cccc(C(=O)NCCOCC(=O)O)c1O. The summed E-state index contributed by atoms with van der Waals surface area (Å²) < 4.78 is 9.64. The van der Waals surface area contributed by atoms with Gasteiger partial charge in [0.25, 0.3) is 5.91 Å². The highest BCUT2D eigenvalue weighted by molar-refractivity contribution is 5.97. The maximum atomic E-state index is 11.7. The normalized spacial score (nSPS) is 9.95. The Morgan fingerprint density at radius 2 is 2.11 bits per heavy atom. The summed E-state index contributed by atoms with van der Waals surface area (Å²) in [6.45, 7) is -0.203. The molecule has 0 unspecified atom stereocenters. The third-order valence-corrected chi connectivity index (χ3v) is 2.22. The number of carboxylic acid groups (broad SMARTS) is 1. The van der Waals surface area contributed by atoms with E-state index in [1.54, 1.807) is 6.07 Å². The Morgan fingerprint density at radius 3 is 2.74 bits per heavy atom. The molecule has 0 aliphatic carbocycles. The molecule has 0 fully saturated rings. The predicted octanol–water partition coefficient (Wildman–Crippen LogP) is 0.232. The van der Waals surface area contributed by atoms with E-state index in [2.05, 4.69) is 5.32 Å². The molecule has 0 saturated heterocycles. The monoisotopic (exact) mass is 269 g/mol. The Kier molecular flexibility index (Phi) is 5.62. The Morgan fingerprint density at radius 1 is 1.37 bits per heavy atom. The van der Waals surface area contributed by atoms with Crippen LogP contribution >= 0.6 is 0 Å². The molecule has 3 N–H and O–H groups in total. The van der Waals surface area contributed by atoms with Crippen molar-refractivity contribution in [3.63, 3.8) is 0 Å². The summed E-state index contributed by atoms with van der Waals surface area (Å²) in [6.07, 6.45) is 0. The summed E-state index contributed by atoms with van der Waals surface area (Å²) in [4.78, 5) is 21.9. The van der Waals surface area contributed by atoms with E-state index >= 15 is 0 Å². The van der Waals surface area contributed by atoms with Crippen LogP contribution in [0.1, 0.15) is 10.4 Å². The number of hydrogen-bond donors (Lipinski definition) is 3. The minimum absolute atomic E-state index is 0.0722. The van der Waals surface area contributed by atoms with Crippen LogP contribution in [0.3, 0.4) is 0 Å². The van der Waals surface area contributed by atoms with Gasteiger partial charge in [-0.2, -0.15) is 0 Å². The van der Waals surface area contributed by atoms with Crippen molar-refractivity contribution < 1.29 is 29.3 Å². The minimum Gasteiger partial charge on any atom is -0.504 e. The van der Waals surface area contributed by atoms with Crippen LogP contribution in [0.5, 0.6) is 11.5 Å². The van der Waals surface area contributed by atoms with E-state index in [1.807, 2.05) is 0 Å². The van der Waals surface area contributed by atoms with E-state index in [4.69, 9.17) is 14.6 Å². The third-order valence-electron chi connectivity index (χ3n) is 2.22. The Hall–Kier alpha value is -2.28. The number of ether oxygens (including phenoxy) is 2. The molecule has 0 bridgehead atoms. The molecule has 0 spiro atoms. The van der Waals surface area contributed by atoms with Gasteiger partial charge in [0.1, 0.15) is 6.61 Å². The lowest BCUT2D eigenvalue weighted by Gasteiger charge is -2.09. The number of carboxylic acids is 1. The fraction of sp³-hybridized carbons (Fsp3) is 0.333. The molecule has 104 valence electrons. The summed E-state index contributed by atoms with van der Waals surface area (Å²) in [5.74, 6) is -1.60. The Bertz CT molecular complexity index is 460. The van der Waals surface area contributed by atoms with Crippen molar-refractivity contribution in [3.05, 3.63) is 23.8 Å². The molecule has 0 atom stereocenters. The number of para-hydroxylation sites is 1. The first-order valence-corrected chi connectivity index (χ1v) is 5.50. The number of phenols is 1. The first-order chi connectivity index (χ1) is 9.06. The molecule has 7 heteroatoms. The largest absolute Gasteiger partial charge is 0.504 e. The van der Waals surface area contributed by atoms with Gasteiger partial charge in [-0.05, 0) is 12.1 Å². The van der Waals surface area contributed by atoms with Gasteiger partial charge in [0.15, 0.2) is 11.5 Å². The zero-order chi connectivity index (χ0) is 14.3. The van der Waals surface area contributed by atoms with Crippen LogP contribution < -0.4 is 10.1 Å². The van der Waals surface area contributed by atoms with Crippen molar-refractivity contribution in [3.8, 4) is 11.5 Å². The van der Waals surface area contributed by atoms with Gasteiger partial charge in [-0.1, -0.05) is 6.07 Å². The smallest absolute Gasteiger partial charge is 0.329 e. The number of hydrogen-bond acceptors (Lipinski definition) is 5. The number of amides is 1. The zero-order valence-corrected chi connectivity index (χ0v) is 10.4. The van der Waals surface area contributed by atoms with Gasteiger partial charge in [-0.3, -0.25) is 4.79 Å². The number of carbonyl (C=O) groups excluding carboxylic acids is 1. The second-order valence-electron chi connectivity index (χ2n) is 3.56. The van der Waals surface area contributed by atoms with Crippen LogP contribution in [0.2, 0.25) is 0 Å². The van der Waals surface area contributed by atoms with Crippen LogP contribution in [0.25, 0.3) is 0 Å². The molecule has 0 aliphatic heterocycles. The highest BCUT2D eigenvalue weighted by atomic mass is 16.5. The molecule has 0 aromatic heterocycles. The van der Waals surface area contributed by atoms with Crippen LogP contribution in [0, 0.1) is 0 Å². The van der Waals surface area contributed by atoms with Crippen molar-refractivity contribution in [2.24, 2.45) is 0 Å². The quantitative estimate of drug-likeness (QED) is 0.612. The number of benzene rings is 1. The number of carbonyl (C=O) groups is 2. The summed E-state index contributed by atoms with van der Waals surface area (Å²) in [6, 6.07) is 4.56. The zero-order valence-electron chi connectivity index (χ0n) is 10.4. The fourth-order valence-corrected chi connectivity index (χ4v) is 1.36. The number of aliphatic carboxylic acids is 1. The molecule has 7 nitrogen and oxygen atoms in total. The molecular formula is C12H15NO6. The summed E-state index contributed by atoms with van der Waals surface area (Å²) in [7, 11) is 1.39. The van der Waals surface area contributed by atoms with E-state index in [0.29, 0.717) is 0 Å². The summed E-state index contributed by atoms with van der Waals surface area (Å²) in [5.41, 5.74) is 0.0811. The maximum Gasteiger partial charge on any atom is 0.329 e. The van der Waals surface area contributed by atoms with Gasteiger partial charge in [0, 0.05) is 6.54 Å². The van der Waals surface area contributed by atoms with Crippen LogP contribution in [-0.4, -0.2) is 49.0 Å². The average Bonchev–Trinajstić information content (AvgIpc) is 2.38. The minimum atomic E-state index is -1.07. The van der Waals surface area contributed by atoms with Crippen molar-refractivity contribution >= 4 is 11.9 Å². The molecule has 0 heterocycles. The molecule has 0 radical (unpaired) electrons. The molecule has 0 saturated carbocycles. The molecule has 1 aromatic carbocycles. The van der Waals surface area contributed by atoms with Gasteiger partial charge >= 0.3 is 5.97 Å². The number of nitrogens with one attached hydrogen (secondary N) is 1. The topological polar surface area (TPSA) is 105 Å². The van der Waals surface area contributed by atoms with Crippen molar-refractivity contribution in [2.45, 2.75) is 0 Å². The predicted molar refractivity (Wildman–Crippen MR) is 65.4 cm³/mol. The van der Waals surface area contributed by atoms with Gasteiger partial charge < -0.3 is 25.0 Å². The average molecular weight is 269 g/mol. The van der Waals surface area contributed by atoms with Crippen LogP contribution in [0.4, 0.5) is 0 Å². The lowest BCUT2D eigenvalue weighted by atomic mass is 10.1. The van der Waals surface area contributed by atoms with E-state index < -0.39 is 18.5 Å². The van der Waals surface area contributed by atoms with E-state index in [0.717, 1.165) is 0 Å². The molecule has 1 amide bonds.